The normalized spacial score (nSPS) is 21.5. The van der Waals surface area contributed by atoms with Crippen molar-refractivity contribution in [2.24, 2.45) is 5.73 Å². The Morgan fingerprint density at radius 1 is 0.789 bits per heavy atom. The Hall–Kier alpha value is -0.320. The Morgan fingerprint density at radius 2 is 1.16 bits per heavy atom. The molecule has 0 rings (SSSR count). The largest absolute Gasteiger partial charge is 0.394 e. The SMILES string of the molecule is NC(CC(O)CO)C(O)(CC(O)CO)CC(O)CO. The van der Waals surface area contributed by atoms with Crippen molar-refractivity contribution in [3.63, 3.8) is 0 Å². The van der Waals surface area contributed by atoms with Gasteiger partial charge in [0.1, 0.15) is 0 Å². The van der Waals surface area contributed by atoms with Crippen molar-refractivity contribution in [1.29, 1.82) is 0 Å². The third-order valence-electron chi connectivity index (χ3n) is 3.03. The predicted octanol–water partition coefficient (Wildman–Crippen LogP) is -3.73. The Kier molecular flexibility index (Phi) is 8.62. The van der Waals surface area contributed by atoms with Crippen molar-refractivity contribution in [3.8, 4) is 0 Å². The van der Waals surface area contributed by atoms with Crippen LogP contribution in [0.4, 0.5) is 0 Å². The molecule has 9 N–H and O–H groups in total. The van der Waals surface area contributed by atoms with Crippen molar-refractivity contribution >= 4 is 0 Å². The Balaban J connectivity index is 4.80. The molecule has 8 nitrogen and oxygen atoms in total. The highest BCUT2D eigenvalue weighted by molar-refractivity contribution is 4.94. The molecule has 0 saturated heterocycles. The van der Waals surface area contributed by atoms with Crippen LogP contribution in [0.15, 0.2) is 0 Å². The van der Waals surface area contributed by atoms with E-state index in [2.05, 4.69) is 0 Å². The summed E-state index contributed by atoms with van der Waals surface area (Å²) in [7, 11) is 0. The molecular formula is C11H25NO7. The van der Waals surface area contributed by atoms with Crippen LogP contribution in [0.25, 0.3) is 0 Å². The lowest BCUT2D eigenvalue weighted by Gasteiger charge is -2.37. The van der Waals surface area contributed by atoms with Gasteiger partial charge in [-0.1, -0.05) is 0 Å². The molecule has 0 amide bonds. The number of rotatable bonds is 10. The third-order valence-corrected chi connectivity index (χ3v) is 3.03. The molecule has 116 valence electrons. The summed E-state index contributed by atoms with van der Waals surface area (Å²) in [5.41, 5.74) is 3.95. The summed E-state index contributed by atoms with van der Waals surface area (Å²) in [6.07, 6.45) is -4.41. The summed E-state index contributed by atoms with van der Waals surface area (Å²) in [5, 5.41) is 64.8. The molecule has 8 heteroatoms. The monoisotopic (exact) mass is 283 g/mol. The maximum absolute atomic E-state index is 10.4. The van der Waals surface area contributed by atoms with Gasteiger partial charge >= 0.3 is 0 Å². The second-order valence-corrected chi connectivity index (χ2v) is 4.86. The second kappa shape index (κ2) is 8.77. The van der Waals surface area contributed by atoms with Crippen molar-refractivity contribution in [1.82, 2.24) is 0 Å². The average Bonchev–Trinajstić information content (AvgIpc) is 2.37. The first-order valence-corrected chi connectivity index (χ1v) is 6.13. The zero-order chi connectivity index (χ0) is 15.1. The van der Waals surface area contributed by atoms with E-state index < -0.39 is 49.8 Å². The minimum absolute atomic E-state index is 0.150. The maximum atomic E-state index is 10.4. The standard InChI is InChI=1S/C11H25NO7/c12-10(1-7(16)4-13)11(19,2-8(17)5-14)3-9(18)6-15/h7-10,13-19H,1-6,12H2. The molecule has 4 atom stereocenters. The summed E-state index contributed by atoms with van der Waals surface area (Å²) < 4.78 is 0. The van der Waals surface area contributed by atoms with Gasteiger partial charge in [-0.3, -0.25) is 0 Å². The van der Waals surface area contributed by atoms with Gasteiger partial charge < -0.3 is 41.5 Å². The molecule has 0 aliphatic carbocycles. The van der Waals surface area contributed by atoms with E-state index >= 15 is 0 Å². The van der Waals surface area contributed by atoms with Gasteiger partial charge in [0, 0.05) is 18.9 Å². The van der Waals surface area contributed by atoms with Gasteiger partial charge in [-0.25, -0.2) is 0 Å². The van der Waals surface area contributed by atoms with E-state index in [9.17, 15) is 20.4 Å². The Labute approximate surface area is 111 Å². The summed E-state index contributed by atoms with van der Waals surface area (Å²) in [6, 6.07) is -1.04. The van der Waals surface area contributed by atoms with E-state index in [1.165, 1.54) is 0 Å². The summed E-state index contributed by atoms with van der Waals surface area (Å²) in [4.78, 5) is 0. The molecule has 0 aromatic heterocycles. The van der Waals surface area contributed by atoms with E-state index in [1.54, 1.807) is 0 Å². The molecule has 0 heterocycles. The molecule has 0 aliphatic rings. The summed E-state index contributed by atoms with van der Waals surface area (Å²) in [6.45, 7) is -1.71. The van der Waals surface area contributed by atoms with Crippen LogP contribution >= 0.6 is 0 Å². The van der Waals surface area contributed by atoms with Gasteiger partial charge in [-0.15, -0.1) is 0 Å². The first-order chi connectivity index (χ1) is 8.78. The van der Waals surface area contributed by atoms with Crippen LogP contribution in [0.3, 0.4) is 0 Å². The molecule has 0 aromatic rings. The first kappa shape index (κ1) is 18.7. The number of hydrogen-bond donors (Lipinski definition) is 8. The molecule has 0 spiro atoms. The lowest BCUT2D eigenvalue weighted by Crippen LogP contribution is -2.54. The molecule has 0 aromatic carbocycles. The second-order valence-electron chi connectivity index (χ2n) is 4.86. The highest BCUT2D eigenvalue weighted by atomic mass is 16.3. The smallest absolute Gasteiger partial charge is 0.0849 e. The van der Waals surface area contributed by atoms with Gasteiger partial charge in [0.15, 0.2) is 0 Å². The van der Waals surface area contributed by atoms with Gasteiger partial charge in [0.05, 0.1) is 43.7 Å². The van der Waals surface area contributed by atoms with Crippen LogP contribution in [0.5, 0.6) is 0 Å². The zero-order valence-electron chi connectivity index (χ0n) is 10.8. The Morgan fingerprint density at radius 3 is 1.47 bits per heavy atom. The van der Waals surface area contributed by atoms with Crippen molar-refractivity contribution < 1.29 is 35.7 Å². The van der Waals surface area contributed by atoms with Crippen molar-refractivity contribution in [2.75, 3.05) is 19.8 Å². The molecule has 0 radical (unpaired) electrons. The molecule has 4 unspecified atom stereocenters. The summed E-state index contributed by atoms with van der Waals surface area (Å²) >= 11 is 0. The van der Waals surface area contributed by atoms with Crippen LogP contribution < -0.4 is 5.73 Å². The molecule has 0 bridgehead atoms. The van der Waals surface area contributed by atoms with E-state index in [-0.39, 0.29) is 19.3 Å². The number of aliphatic hydroxyl groups excluding tert-OH is 6. The van der Waals surface area contributed by atoms with E-state index in [0.717, 1.165) is 0 Å². The van der Waals surface area contributed by atoms with Crippen molar-refractivity contribution in [3.05, 3.63) is 0 Å². The van der Waals surface area contributed by atoms with Gasteiger partial charge in [0.25, 0.3) is 0 Å². The highest BCUT2D eigenvalue weighted by Gasteiger charge is 2.38. The minimum atomic E-state index is -1.78. The van der Waals surface area contributed by atoms with Crippen molar-refractivity contribution in [2.45, 2.75) is 49.2 Å². The van der Waals surface area contributed by atoms with E-state index in [0.29, 0.717) is 0 Å². The number of nitrogens with two attached hydrogens (primary N) is 1. The molecule has 19 heavy (non-hydrogen) atoms. The maximum Gasteiger partial charge on any atom is 0.0849 e. The molecular weight excluding hydrogens is 258 g/mol. The van der Waals surface area contributed by atoms with Gasteiger partial charge in [-0.2, -0.15) is 0 Å². The van der Waals surface area contributed by atoms with Crippen LogP contribution in [-0.4, -0.2) is 85.5 Å². The highest BCUT2D eigenvalue weighted by Crippen LogP contribution is 2.25. The number of hydrogen-bond acceptors (Lipinski definition) is 8. The van der Waals surface area contributed by atoms with Crippen LogP contribution in [-0.2, 0) is 0 Å². The quantitative estimate of drug-likeness (QED) is 0.202. The van der Waals surface area contributed by atoms with E-state index in [4.69, 9.17) is 21.1 Å². The van der Waals surface area contributed by atoms with Crippen LogP contribution in [0, 0.1) is 0 Å². The first-order valence-electron chi connectivity index (χ1n) is 6.13. The fourth-order valence-electron chi connectivity index (χ4n) is 1.92. The predicted molar refractivity (Wildman–Crippen MR) is 66.1 cm³/mol. The number of aliphatic hydroxyl groups is 7. The van der Waals surface area contributed by atoms with Crippen LogP contribution in [0.2, 0.25) is 0 Å². The van der Waals surface area contributed by atoms with E-state index in [1.807, 2.05) is 0 Å². The molecule has 0 saturated carbocycles. The lowest BCUT2D eigenvalue weighted by atomic mass is 9.81. The molecule has 0 aliphatic heterocycles. The van der Waals surface area contributed by atoms with Gasteiger partial charge in [0.2, 0.25) is 0 Å². The van der Waals surface area contributed by atoms with Crippen LogP contribution in [0.1, 0.15) is 19.3 Å². The minimum Gasteiger partial charge on any atom is -0.394 e. The lowest BCUT2D eigenvalue weighted by molar-refractivity contribution is -0.0851. The summed E-state index contributed by atoms with van der Waals surface area (Å²) in [5.74, 6) is 0. The third kappa shape index (κ3) is 6.59. The fraction of sp³-hybridized carbons (Fsp3) is 1.00. The zero-order valence-corrected chi connectivity index (χ0v) is 10.8. The average molecular weight is 283 g/mol. The Bertz CT molecular complexity index is 229. The fourth-order valence-corrected chi connectivity index (χ4v) is 1.92. The topological polar surface area (TPSA) is 168 Å². The van der Waals surface area contributed by atoms with Gasteiger partial charge in [-0.05, 0) is 6.42 Å². The molecule has 0 fully saturated rings.